The summed E-state index contributed by atoms with van der Waals surface area (Å²) in [5.41, 5.74) is 1.99. The Morgan fingerprint density at radius 3 is 2.85 bits per heavy atom. The predicted octanol–water partition coefficient (Wildman–Crippen LogP) is 3.88. The van der Waals surface area contributed by atoms with Crippen LogP contribution in [0.25, 0.3) is 16.9 Å². The lowest BCUT2D eigenvalue weighted by Crippen LogP contribution is -1.97. The molecule has 3 aromatic rings. The minimum Gasteiger partial charge on any atom is -0.481 e. The Morgan fingerprint density at radius 2 is 2.15 bits per heavy atom. The second-order valence-electron chi connectivity index (χ2n) is 4.09. The third-order valence-corrected chi connectivity index (χ3v) is 3.45. The maximum Gasteiger partial charge on any atom is 0.215 e. The molecule has 0 saturated heterocycles. The quantitative estimate of drug-likeness (QED) is 0.730. The lowest BCUT2D eigenvalue weighted by molar-refractivity contribution is 0.399. The zero-order valence-electron chi connectivity index (χ0n) is 10.4. The monoisotopic (exact) mass is 309 g/mol. The van der Waals surface area contributed by atoms with Gasteiger partial charge >= 0.3 is 0 Å². The van der Waals surface area contributed by atoms with E-state index in [-0.39, 0.29) is 5.02 Å². The Kier molecular flexibility index (Phi) is 3.19. The number of fused-ring (bicyclic) bond motifs is 1. The van der Waals surface area contributed by atoms with Gasteiger partial charge in [-0.1, -0.05) is 11.6 Å². The predicted molar refractivity (Wildman–Crippen MR) is 77.8 cm³/mol. The molecule has 3 rings (SSSR count). The van der Waals surface area contributed by atoms with Crippen molar-refractivity contribution in [1.82, 2.24) is 14.5 Å². The summed E-state index contributed by atoms with van der Waals surface area (Å²) < 4.78 is 20.5. The number of H-pyrrole nitrogens is 1. The van der Waals surface area contributed by atoms with E-state index in [9.17, 15) is 4.39 Å². The van der Waals surface area contributed by atoms with Crippen LogP contribution in [-0.2, 0) is 0 Å². The van der Waals surface area contributed by atoms with E-state index in [1.54, 1.807) is 16.7 Å². The van der Waals surface area contributed by atoms with Gasteiger partial charge in [0.1, 0.15) is 5.82 Å². The first kappa shape index (κ1) is 13.1. The number of benzene rings is 1. The van der Waals surface area contributed by atoms with Gasteiger partial charge in [-0.3, -0.25) is 4.57 Å². The first-order valence-electron chi connectivity index (χ1n) is 5.71. The van der Waals surface area contributed by atoms with Crippen LogP contribution in [0.4, 0.5) is 4.39 Å². The van der Waals surface area contributed by atoms with Crippen LogP contribution in [0.1, 0.15) is 0 Å². The molecule has 0 amide bonds. The smallest absolute Gasteiger partial charge is 0.215 e. The van der Waals surface area contributed by atoms with Crippen LogP contribution in [0, 0.1) is 10.6 Å². The highest BCUT2D eigenvalue weighted by Crippen LogP contribution is 2.24. The van der Waals surface area contributed by atoms with E-state index >= 15 is 0 Å². The maximum absolute atomic E-state index is 13.3. The van der Waals surface area contributed by atoms with E-state index < -0.39 is 5.82 Å². The van der Waals surface area contributed by atoms with E-state index in [4.69, 9.17) is 28.6 Å². The number of ether oxygens (including phenoxy) is 1. The zero-order chi connectivity index (χ0) is 14.3. The Hall–Kier alpha value is -1.92. The minimum atomic E-state index is -0.479. The van der Waals surface area contributed by atoms with Gasteiger partial charge in [-0.15, -0.1) is 0 Å². The van der Waals surface area contributed by atoms with Gasteiger partial charge in [-0.05, 0) is 36.5 Å². The topological polar surface area (TPSA) is 42.8 Å². The number of halogens is 2. The minimum absolute atomic E-state index is 0.0293. The van der Waals surface area contributed by atoms with Gasteiger partial charge in [-0.2, -0.15) is 4.98 Å². The number of aromatic nitrogens is 3. The first-order valence-corrected chi connectivity index (χ1v) is 6.50. The molecule has 0 aliphatic rings. The van der Waals surface area contributed by atoms with Gasteiger partial charge < -0.3 is 9.72 Å². The Morgan fingerprint density at radius 1 is 1.35 bits per heavy atom. The van der Waals surface area contributed by atoms with Crippen molar-refractivity contribution < 1.29 is 9.13 Å². The molecule has 102 valence electrons. The lowest BCUT2D eigenvalue weighted by Gasteiger charge is -2.05. The van der Waals surface area contributed by atoms with Crippen molar-refractivity contribution in [3.8, 4) is 11.6 Å². The van der Waals surface area contributed by atoms with Gasteiger partial charge in [0.15, 0.2) is 10.4 Å². The van der Waals surface area contributed by atoms with Gasteiger partial charge in [0.25, 0.3) is 0 Å². The summed E-state index contributed by atoms with van der Waals surface area (Å²) in [4.78, 5) is 7.38. The van der Waals surface area contributed by atoms with Gasteiger partial charge in [0, 0.05) is 6.07 Å². The van der Waals surface area contributed by atoms with Crippen LogP contribution in [0.15, 0.2) is 30.3 Å². The van der Waals surface area contributed by atoms with Crippen molar-refractivity contribution in [2.45, 2.75) is 0 Å². The highest BCUT2D eigenvalue weighted by Gasteiger charge is 2.11. The second-order valence-corrected chi connectivity index (χ2v) is 4.88. The lowest BCUT2D eigenvalue weighted by atomic mass is 10.3. The van der Waals surface area contributed by atoms with Crippen molar-refractivity contribution in [3.05, 3.63) is 45.9 Å². The molecule has 0 aliphatic heterocycles. The fourth-order valence-corrected chi connectivity index (χ4v) is 2.42. The zero-order valence-corrected chi connectivity index (χ0v) is 11.9. The highest BCUT2D eigenvalue weighted by atomic mass is 35.5. The molecule has 2 heterocycles. The van der Waals surface area contributed by atoms with Crippen LogP contribution in [0.3, 0.4) is 0 Å². The normalized spacial score (nSPS) is 10.9. The average molecular weight is 310 g/mol. The summed E-state index contributed by atoms with van der Waals surface area (Å²) in [7, 11) is 1.54. The molecule has 2 aromatic heterocycles. The maximum atomic E-state index is 13.3. The molecule has 0 radical (unpaired) electrons. The molecule has 1 N–H and O–H groups in total. The Labute approximate surface area is 123 Å². The van der Waals surface area contributed by atoms with Crippen LogP contribution >= 0.6 is 23.8 Å². The number of nitrogens with zero attached hydrogens (tertiary/aromatic N) is 2. The van der Waals surface area contributed by atoms with E-state index in [1.165, 1.54) is 19.2 Å². The van der Waals surface area contributed by atoms with E-state index in [0.717, 1.165) is 5.52 Å². The standard InChI is InChI=1S/C13H9ClFN3OS/c1-19-11-5-4-10-12(17-11)18(13(20)16-10)7-2-3-9(15)8(14)6-7/h2-6H,1H3,(H,16,20). The average Bonchev–Trinajstić information content (AvgIpc) is 2.77. The fourth-order valence-electron chi connectivity index (χ4n) is 1.94. The van der Waals surface area contributed by atoms with Gasteiger partial charge in [0.05, 0.1) is 23.3 Å². The van der Waals surface area contributed by atoms with Crippen LogP contribution in [0.5, 0.6) is 5.88 Å². The first-order chi connectivity index (χ1) is 9.60. The van der Waals surface area contributed by atoms with E-state index in [1.807, 2.05) is 6.07 Å². The summed E-state index contributed by atoms with van der Waals surface area (Å²) in [5, 5.41) is 0.0293. The number of rotatable bonds is 2. The van der Waals surface area contributed by atoms with Crippen LogP contribution < -0.4 is 4.74 Å². The van der Waals surface area contributed by atoms with Crippen molar-refractivity contribution in [2.75, 3.05) is 7.11 Å². The number of hydrogen-bond acceptors (Lipinski definition) is 3. The Bertz CT molecular complexity index is 858. The van der Waals surface area contributed by atoms with E-state index in [0.29, 0.717) is 22.0 Å². The molecule has 0 bridgehead atoms. The summed E-state index contributed by atoms with van der Waals surface area (Å²) >= 11 is 11.1. The van der Waals surface area contributed by atoms with Crippen LogP contribution in [-0.4, -0.2) is 21.6 Å². The summed E-state index contributed by atoms with van der Waals surface area (Å²) in [6.07, 6.45) is 0. The van der Waals surface area contributed by atoms with Crippen LogP contribution in [0.2, 0.25) is 5.02 Å². The fraction of sp³-hybridized carbons (Fsp3) is 0.0769. The molecular formula is C13H9ClFN3OS. The number of aromatic amines is 1. The third-order valence-electron chi connectivity index (χ3n) is 2.88. The number of pyridine rings is 1. The van der Waals surface area contributed by atoms with Gasteiger partial charge in [-0.25, -0.2) is 4.39 Å². The largest absolute Gasteiger partial charge is 0.481 e. The van der Waals surface area contributed by atoms with Crippen molar-refractivity contribution in [1.29, 1.82) is 0 Å². The number of nitrogens with one attached hydrogen (secondary N) is 1. The van der Waals surface area contributed by atoms with Gasteiger partial charge in [0.2, 0.25) is 5.88 Å². The molecule has 0 atom stereocenters. The number of imidazole rings is 1. The van der Waals surface area contributed by atoms with Crippen molar-refractivity contribution in [3.63, 3.8) is 0 Å². The van der Waals surface area contributed by atoms with Crippen molar-refractivity contribution >= 4 is 35.0 Å². The third kappa shape index (κ3) is 2.07. The molecular weight excluding hydrogens is 301 g/mol. The molecule has 20 heavy (non-hydrogen) atoms. The SMILES string of the molecule is COc1ccc2[nH]c(=S)n(-c3ccc(F)c(Cl)c3)c2n1. The highest BCUT2D eigenvalue weighted by molar-refractivity contribution is 7.71. The molecule has 0 unspecified atom stereocenters. The summed E-state index contributed by atoms with van der Waals surface area (Å²) in [6, 6.07) is 7.93. The summed E-state index contributed by atoms with van der Waals surface area (Å²) in [5.74, 6) is -0.0132. The number of methoxy groups -OCH3 is 1. The summed E-state index contributed by atoms with van der Waals surface area (Å²) in [6.45, 7) is 0. The Balaban J connectivity index is 2.31. The second kappa shape index (κ2) is 4.88. The molecule has 0 aliphatic carbocycles. The molecule has 4 nitrogen and oxygen atoms in total. The molecule has 7 heteroatoms. The number of hydrogen-bond donors (Lipinski definition) is 1. The van der Waals surface area contributed by atoms with Crippen molar-refractivity contribution in [2.24, 2.45) is 0 Å². The molecule has 0 fully saturated rings. The molecule has 1 aromatic carbocycles. The molecule has 0 spiro atoms. The van der Waals surface area contributed by atoms with E-state index in [2.05, 4.69) is 9.97 Å². The molecule has 0 saturated carbocycles.